The van der Waals surface area contributed by atoms with E-state index in [1.54, 1.807) is 31.2 Å². The molecular weight excluding hydrogens is 380 g/mol. The van der Waals surface area contributed by atoms with E-state index in [2.05, 4.69) is 33.0 Å². The van der Waals surface area contributed by atoms with Crippen molar-refractivity contribution in [3.8, 4) is 0 Å². The normalized spacial score (nSPS) is 14.5. The zero-order valence-electron chi connectivity index (χ0n) is 17.6. The Hall–Kier alpha value is -3.22. The molecule has 3 N–H and O–H groups in total. The molecule has 1 atom stereocenters. The predicted molar refractivity (Wildman–Crippen MR) is 121 cm³/mol. The number of amides is 2. The predicted octanol–water partition coefficient (Wildman–Crippen LogP) is 4.68. The lowest BCUT2D eigenvalue weighted by molar-refractivity contribution is -0.116. The molecule has 1 aliphatic heterocycles. The summed E-state index contributed by atoms with van der Waals surface area (Å²) in [6.07, 6.45) is 3.29. The van der Waals surface area contributed by atoms with Crippen LogP contribution < -0.4 is 20.9 Å². The van der Waals surface area contributed by atoms with Crippen LogP contribution in [0.25, 0.3) is 0 Å². The number of carbonyl (C=O) groups excluding carboxylic acids is 2. The van der Waals surface area contributed by atoms with Gasteiger partial charge in [0.15, 0.2) is 0 Å². The first-order chi connectivity index (χ1) is 14.5. The summed E-state index contributed by atoms with van der Waals surface area (Å²) < 4.78 is 4.85. The zero-order chi connectivity index (χ0) is 21.3. The van der Waals surface area contributed by atoms with E-state index in [0.717, 1.165) is 24.5 Å². The highest BCUT2D eigenvalue weighted by Gasteiger charge is 2.14. The van der Waals surface area contributed by atoms with Crippen LogP contribution in [-0.4, -0.2) is 37.7 Å². The summed E-state index contributed by atoms with van der Waals surface area (Å²) >= 11 is 0. The van der Waals surface area contributed by atoms with Crippen LogP contribution in [0.15, 0.2) is 48.5 Å². The number of rotatable bonds is 7. The molecule has 0 radical (unpaired) electrons. The van der Waals surface area contributed by atoms with E-state index >= 15 is 0 Å². The minimum absolute atomic E-state index is 0.116. The molecule has 7 heteroatoms. The fraction of sp³-hybridized carbons (Fsp3) is 0.391. The van der Waals surface area contributed by atoms with E-state index in [1.165, 1.54) is 24.9 Å². The molecule has 1 heterocycles. The van der Waals surface area contributed by atoms with Crippen molar-refractivity contribution < 1.29 is 14.3 Å². The average molecular weight is 411 g/mol. The van der Waals surface area contributed by atoms with Gasteiger partial charge in [0.1, 0.15) is 6.04 Å². The van der Waals surface area contributed by atoms with Gasteiger partial charge in [-0.05, 0) is 81.6 Å². The number of carbonyl (C=O) groups is 2. The van der Waals surface area contributed by atoms with Crippen LogP contribution in [0.1, 0.15) is 33.1 Å². The van der Waals surface area contributed by atoms with Crippen molar-refractivity contribution >= 4 is 34.7 Å². The van der Waals surface area contributed by atoms with Gasteiger partial charge >= 0.3 is 6.09 Å². The quantitative estimate of drug-likeness (QED) is 0.617. The average Bonchev–Trinajstić information content (AvgIpc) is 2.76. The minimum atomic E-state index is -0.489. The Balaban J connectivity index is 1.50. The summed E-state index contributed by atoms with van der Waals surface area (Å²) in [5, 5.41) is 8.75. The molecule has 0 aliphatic carbocycles. The Kier molecular flexibility index (Phi) is 7.54. The second-order valence-electron chi connectivity index (χ2n) is 7.37. The second-order valence-corrected chi connectivity index (χ2v) is 7.37. The molecular formula is C23H30N4O3. The summed E-state index contributed by atoms with van der Waals surface area (Å²) in [5.74, 6) is -0.116. The Morgan fingerprint density at radius 2 is 1.47 bits per heavy atom. The van der Waals surface area contributed by atoms with Crippen molar-refractivity contribution in [1.82, 2.24) is 0 Å². The third-order valence-electron chi connectivity index (χ3n) is 5.04. The molecule has 0 spiro atoms. The molecule has 0 saturated carbocycles. The molecule has 2 aromatic rings. The van der Waals surface area contributed by atoms with Gasteiger partial charge < -0.3 is 20.3 Å². The number of benzene rings is 2. The number of piperidine rings is 1. The van der Waals surface area contributed by atoms with Crippen LogP contribution in [0.2, 0.25) is 0 Å². The number of hydrogen-bond donors (Lipinski definition) is 3. The topological polar surface area (TPSA) is 82.7 Å². The van der Waals surface area contributed by atoms with Gasteiger partial charge in [-0.3, -0.25) is 10.1 Å². The standard InChI is InChI=1S/C23H30N4O3/c1-3-30-23(29)26-20-9-7-18(8-10-20)24-17(2)22(28)25-19-11-13-21(14-12-19)27-15-5-4-6-16-27/h7-14,17,24H,3-6,15-16H2,1-2H3,(H,25,28)(H,26,29). The summed E-state index contributed by atoms with van der Waals surface area (Å²) in [5.41, 5.74) is 3.40. The van der Waals surface area contributed by atoms with E-state index in [-0.39, 0.29) is 5.91 Å². The highest BCUT2D eigenvalue weighted by molar-refractivity contribution is 5.96. The van der Waals surface area contributed by atoms with Crippen molar-refractivity contribution in [3.05, 3.63) is 48.5 Å². The summed E-state index contributed by atoms with van der Waals surface area (Å²) in [6.45, 7) is 6.07. The molecule has 1 fully saturated rings. The van der Waals surface area contributed by atoms with Crippen LogP contribution in [0, 0.1) is 0 Å². The molecule has 2 aromatic carbocycles. The van der Waals surface area contributed by atoms with Crippen LogP contribution in [0.4, 0.5) is 27.5 Å². The Morgan fingerprint density at radius 3 is 2.10 bits per heavy atom. The smallest absolute Gasteiger partial charge is 0.411 e. The molecule has 0 aromatic heterocycles. The number of nitrogens with one attached hydrogen (secondary N) is 3. The van der Waals surface area contributed by atoms with E-state index < -0.39 is 12.1 Å². The third-order valence-corrected chi connectivity index (χ3v) is 5.04. The first-order valence-electron chi connectivity index (χ1n) is 10.5. The van der Waals surface area contributed by atoms with Crippen molar-refractivity contribution in [3.63, 3.8) is 0 Å². The van der Waals surface area contributed by atoms with Gasteiger partial charge in [-0.15, -0.1) is 0 Å². The second kappa shape index (κ2) is 10.5. The maximum atomic E-state index is 12.5. The Morgan fingerprint density at radius 1 is 0.900 bits per heavy atom. The maximum absolute atomic E-state index is 12.5. The van der Waals surface area contributed by atoms with Crippen molar-refractivity contribution in [1.29, 1.82) is 0 Å². The van der Waals surface area contributed by atoms with E-state index in [0.29, 0.717) is 12.3 Å². The van der Waals surface area contributed by atoms with Crippen molar-refractivity contribution in [2.75, 3.05) is 40.5 Å². The number of nitrogens with zero attached hydrogens (tertiary/aromatic N) is 1. The lowest BCUT2D eigenvalue weighted by atomic mass is 10.1. The van der Waals surface area contributed by atoms with Gasteiger partial charge in [0.25, 0.3) is 0 Å². The largest absolute Gasteiger partial charge is 0.450 e. The fourth-order valence-corrected chi connectivity index (χ4v) is 3.41. The maximum Gasteiger partial charge on any atom is 0.411 e. The molecule has 1 saturated heterocycles. The van der Waals surface area contributed by atoms with Crippen molar-refractivity contribution in [2.24, 2.45) is 0 Å². The molecule has 160 valence electrons. The van der Waals surface area contributed by atoms with Crippen LogP contribution >= 0.6 is 0 Å². The summed E-state index contributed by atoms with van der Waals surface area (Å²) in [4.78, 5) is 26.4. The van der Waals surface area contributed by atoms with Gasteiger partial charge in [-0.2, -0.15) is 0 Å². The SMILES string of the molecule is CCOC(=O)Nc1ccc(NC(C)C(=O)Nc2ccc(N3CCCCC3)cc2)cc1. The zero-order valence-corrected chi connectivity index (χ0v) is 17.6. The van der Waals surface area contributed by atoms with Crippen molar-refractivity contribution in [2.45, 2.75) is 39.2 Å². The van der Waals surface area contributed by atoms with Gasteiger partial charge in [0, 0.05) is 35.8 Å². The molecule has 1 aliphatic rings. The van der Waals surface area contributed by atoms with Crippen LogP contribution in [-0.2, 0) is 9.53 Å². The number of hydrogen-bond acceptors (Lipinski definition) is 5. The lowest BCUT2D eigenvalue weighted by Gasteiger charge is -2.28. The van der Waals surface area contributed by atoms with Gasteiger partial charge in [-0.25, -0.2) is 4.79 Å². The lowest BCUT2D eigenvalue weighted by Crippen LogP contribution is -2.32. The molecule has 30 heavy (non-hydrogen) atoms. The summed E-state index contributed by atoms with van der Waals surface area (Å²) in [7, 11) is 0. The molecule has 1 unspecified atom stereocenters. The van der Waals surface area contributed by atoms with E-state index in [4.69, 9.17) is 4.74 Å². The first kappa shape index (κ1) is 21.5. The van der Waals surface area contributed by atoms with Gasteiger partial charge in [0.2, 0.25) is 5.91 Å². The molecule has 0 bridgehead atoms. The van der Waals surface area contributed by atoms with E-state index in [1.807, 2.05) is 19.1 Å². The molecule has 7 nitrogen and oxygen atoms in total. The fourth-order valence-electron chi connectivity index (χ4n) is 3.41. The van der Waals surface area contributed by atoms with Gasteiger partial charge in [-0.1, -0.05) is 0 Å². The Labute approximate surface area is 177 Å². The molecule has 2 amide bonds. The number of anilines is 4. The first-order valence-corrected chi connectivity index (χ1v) is 10.5. The van der Waals surface area contributed by atoms with Crippen LogP contribution in [0.5, 0.6) is 0 Å². The highest BCUT2D eigenvalue weighted by Crippen LogP contribution is 2.22. The van der Waals surface area contributed by atoms with Crippen LogP contribution in [0.3, 0.4) is 0 Å². The highest BCUT2D eigenvalue weighted by atomic mass is 16.5. The third kappa shape index (κ3) is 6.14. The minimum Gasteiger partial charge on any atom is -0.450 e. The monoisotopic (exact) mass is 410 g/mol. The number of ether oxygens (including phenoxy) is 1. The molecule has 3 rings (SSSR count). The van der Waals surface area contributed by atoms with E-state index in [9.17, 15) is 9.59 Å². The van der Waals surface area contributed by atoms with Gasteiger partial charge in [0.05, 0.1) is 6.61 Å². The summed E-state index contributed by atoms with van der Waals surface area (Å²) in [6, 6.07) is 14.7. The Bertz CT molecular complexity index is 831.